The van der Waals surface area contributed by atoms with Gasteiger partial charge in [0.25, 0.3) is 11.3 Å². The Labute approximate surface area is 143 Å². The highest BCUT2D eigenvalue weighted by Gasteiger charge is 2.22. The van der Waals surface area contributed by atoms with Gasteiger partial charge in [-0.2, -0.15) is 14.1 Å². The van der Waals surface area contributed by atoms with Crippen molar-refractivity contribution < 1.29 is 18.0 Å². The third-order valence-corrected chi connectivity index (χ3v) is 4.58. The van der Waals surface area contributed by atoms with Crippen molar-refractivity contribution in [1.29, 1.82) is 0 Å². The van der Waals surface area contributed by atoms with Crippen LogP contribution in [0.3, 0.4) is 0 Å². The normalized spacial score (nSPS) is 18.5. The second-order valence-electron chi connectivity index (χ2n) is 5.06. The molecule has 2 rings (SSSR count). The van der Waals surface area contributed by atoms with Crippen LogP contribution in [0.5, 0.6) is 0 Å². The number of piperazine rings is 1. The fourth-order valence-electron chi connectivity index (χ4n) is 2.16. The molecule has 1 N–H and O–H groups in total. The lowest BCUT2D eigenvalue weighted by molar-refractivity contribution is -0.142. The van der Waals surface area contributed by atoms with Gasteiger partial charge in [0.2, 0.25) is 0 Å². The number of anilines is 1. The number of esters is 1. The predicted molar refractivity (Wildman–Crippen MR) is 89.1 cm³/mol. The molecule has 1 heterocycles. The van der Waals surface area contributed by atoms with Gasteiger partial charge < -0.3 is 9.64 Å². The van der Waals surface area contributed by atoms with Crippen molar-refractivity contribution in [2.75, 3.05) is 38.2 Å². The molecule has 2 unspecified atom stereocenters. The van der Waals surface area contributed by atoms with E-state index in [1.54, 1.807) is 12.0 Å². The highest BCUT2D eigenvalue weighted by Crippen LogP contribution is 2.19. The van der Waals surface area contributed by atoms with Gasteiger partial charge in [-0.05, 0) is 31.2 Å². The second-order valence-corrected chi connectivity index (χ2v) is 6.36. The zero-order chi connectivity index (χ0) is 16.8. The Morgan fingerprint density at radius 1 is 1.26 bits per heavy atom. The van der Waals surface area contributed by atoms with E-state index in [1.165, 1.54) is 7.11 Å². The smallest absolute Gasteiger partial charge is 0.323 e. The van der Waals surface area contributed by atoms with E-state index in [1.807, 2.05) is 24.3 Å². The van der Waals surface area contributed by atoms with E-state index in [9.17, 15) is 9.00 Å². The van der Waals surface area contributed by atoms with Crippen LogP contribution in [0.1, 0.15) is 6.92 Å². The number of hydroxylamine groups is 2. The number of methoxy groups -OCH3 is 1. The summed E-state index contributed by atoms with van der Waals surface area (Å²) < 4.78 is 24.2. The van der Waals surface area contributed by atoms with Gasteiger partial charge in [0.15, 0.2) is 0 Å². The molecule has 1 aliphatic heterocycles. The van der Waals surface area contributed by atoms with E-state index >= 15 is 0 Å². The van der Waals surface area contributed by atoms with E-state index in [0.717, 1.165) is 18.8 Å². The number of ether oxygens (including phenoxy) is 1. The lowest BCUT2D eigenvalue weighted by atomic mass is 10.2. The summed E-state index contributed by atoms with van der Waals surface area (Å²) in [5.74, 6) is -0.491. The Morgan fingerprint density at radius 3 is 2.43 bits per heavy atom. The Balaban J connectivity index is 1.77. The van der Waals surface area contributed by atoms with Gasteiger partial charge in [0.1, 0.15) is 6.04 Å². The van der Waals surface area contributed by atoms with Crippen LogP contribution < -0.4 is 9.62 Å². The average Bonchev–Trinajstić information content (AvgIpc) is 2.55. The number of carbonyl (C=O) groups is 1. The van der Waals surface area contributed by atoms with Gasteiger partial charge in [0.05, 0.1) is 7.11 Å². The maximum Gasteiger partial charge on any atom is 0.323 e. The first kappa shape index (κ1) is 18.2. The third-order valence-electron chi connectivity index (χ3n) is 3.43. The highest BCUT2D eigenvalue weighted by atomic mass is 35.5. The second kappa shape index (κ2) is 8.60. The molecular formula is C14H20ClN3O4S. The summed E-state index contributed by atoms with van der Waals surface area (Å²) in [5, 5.41) is 2.33. The Kier molecular flexibility index (Phi) is 6.79. The average molecular weight is 362 g/mol. The number of carbonyl (C=O) groups excluding carboxylic acids is 1. The summed E-state index contributed by atoms with van der Waals surface area (Å²) in [6.45, 7) is 4.24. The molecule has 0 amide bonds. The number of halogens is 1. The Morgan fingerprint density at radius 2 is 1.87 bits per heavy atom. The van der Waals surface area contributed by atoms with Crippen molar-refractivity contribution in [2.24, 2.45) is 0 Å². The molecule has 1 aromatic rings. The van der Waals surface area contributed by atoms with Gasteiger partial charge in [0, 0.05) is 36.9 Å². The molecule has 23 heavy (non-hydrogen) atoms. The molecule has 0 aromatic heterocycles. The molecule has 0 aliphatic carbocycles. The molecule has 7 nitrogen and oxygen atoms in total. The fourth-order valence-corrected chi connectivity index (χ4v) is 3.05. The lowest BCUT2D eigenvalue weighted by Crippen LogP contribution is -2.48. The van der Waals surface area contributed by atoms with Crippen LogP contribution in [0.25, 0.3) is 0 Å². The molecule has 0 saturated carbocycles. The molecule has 2 atom stereocenters. The number of rotatable bonds is 6. The zero-order valence-electron chi connectivity index (χ0n) is 13.0. The maximum absolute atomic E-state index is 11.8. The van der Waals surface area contributed by atoms with E-state index in [2.05, 4.69) is 14.4 Å². The highest BCUT2D eigenvalue weighted by molar-refractivity contribution is 7.78. The molecule has 1 fully saturated rings. The van der Waals surface area contributed by atoms with Gasteiger partial charge in [-0.3, -0.25) is 4.79 Å². The van der Waals surface area contributed by atoms with E-state index in [-0.39, 0.29) is 0 Å². The summed E-state index contributed by atoms with van der Waals surface area (Å²) in [5.41, 5.74) is 1.09. The number of nitrogens with zero attached hydrogens (tertiary/aromatic N) is 2. The van der Waals surface area contributed by atoms with Crippen molar-refractivity contribution in [1.82, 2.24) is 9.79 Å². The minimum Gasteiger partial charge on any atom is -0.468 e. The summed E-state index contributed by atoms with van der Waals surface area (Å²) in [7, 11) is 1.28. The molecule has 1 aliphatic rings. The quantitative estimate of drug-likeness (QED) is 0.766. The van der Waals surface area contributed by atoms with Gasteiger partial charge in [-0.15, -0.1) is 0 Å². The molecule has 128 valence electrons. The number of benzene rings is 1. The molecule has 0 spiro atoms. The standard InChI is InChI=1S/C14H20ClN3O4S/c1-11(14(19)21-2)16-23(20)22-18-9-7-17(8-10-18)13-5-3-12(15)4-6-13/h3-6,11,16H,7-10H2,1-2H3. The van der Waals surface area contributed by atoms with Crippen molar-refractivity contribution in [3.05, 3.63) is 29.3 Å². The van der Waals surface area contributed by atoms with E-state index in [0.29, 0.717) is 18.1 Å². The van der Waals surface area contributed by atoms with Crippen LogP contribution >= 0.6 is 11.6 Å². The monoisotopic (exact) mass is 361 g/mol. The van der Waals surface area contributed by atoms with Crippen LogP contribution in [0, 0.1) is 0 Å². The Hall–Kier alpha value is -1.19. The van der Waals surface area contributed by atoms with E-state index in [4.69, 9.17) is 15.9 Å². The van der Waals surface area contributed by atoms with Crippen LogP contribution in [0.15, 0.2) is 24.3 Å². The summed E-state index contributed by atoms with van der Waals surface area (Å²) in [6.07, 6.45) is 0. The third kappa shape index (κ3) is 5.43. The van der Waals surface area contributed by atoms with Crippen LogP contribution in [0.4, 0.5) is 5.69 Å². The summed E-state index contributed by atoms with van der Waals surface area (Å²) in [4.78, 5) is 13.5. The van der Waals surface area contributed by atoms with E-state index < -0.39 is 23.3 Å². The molecule has 1 saturated heterocycles. The topological polar surface area (TPSA) is 71.1 Å². The van der Waals surface area contributed by atoms with Crippen LogP contribution in [-0.4, -0.2) is 54.6 Å². The van der Waals surface area contributed by atoms with Crippen molar-refractivity contribution in [3.63, 3.8) is 0 Å². The minimum absolute atomic E-state index is 0.491. The van der Waals surface area contributed by atoms with Crippen molar-refractivity contribution >= 4 is 34.5 Å². The minimum atomic E-state index is -1.79. The molecule has 0 bridgehead atoms. The van der Waals surface area contributed by atoms with Crippen molar-refractivity contribution in [2.45, 2.75) is 13.0 Å². The van der Waals surface area contributed by atoms with Gasteiger partial charge >= 0.3 is 5.97 Å². The van der Waals surface area contributed by atoms with Crippen LogP contribution in [0.2, 0.25) is 5.02 Å². The number of hydrogen-bond acceptors (Lipinski definition) is 6. The van der Waals surface area contributed by atoms with Crippen LogP contribution in [-0.2, 0) is 25.1 Å². The predicted octanol–water partition coefficient (Wildman–Crippen LogP) is 1.12. The fraction of sp³-hybridized carbons (Fsp3) is 0.500. The molecule has 9 heteroatoms. The first-order valence-corrected chi connectivity index (χ1v) is 8.64. The first-order chi connectivity index (χ1) is 11.0. The molecule has 1 aromatic carbocycles. The summed E-state index contributed by atoms with van der Waals surface area (Å²) in [6, 6.07) is 6.95. The molecule has 0 radical (unpaired) electrons. The largest absolute Gasteiger partial charge is 0.468 e. The van der Waals surface area contributed by atoms with Crippen molar-refractivity contribution in [3.8, 4) is 0 Å². The lowest BCUT2D eigenvalue weighted by Gasteiger charge is -2.34. The Bertz CT molecular complexity index is 549. The molecular weight excluding hydrogens is 342 g/mol. The summed E-state index contributed by atoms with van der Waals surface area (Å²) >= 11 is 4.10. The van der Waals surface area contributed by atoms with Gasteiger partial charge in [-0.1, -0.05) is 11.6 Å². The first-order valence-electron chi connectivity index (χ1n) is 7.19. The van der Waals surface area contributed by atoms with Gasteiger partial charge in [-0.25, -0.2) is 4.21 Å². The maximum atomic E-state index is 11.8. The number of nitrogens with one attached hydrogen (secondary N) is 1. The SMILES string of the molecule is COC(=O)C(C)NS(=O)ON1CCN(c2ccc(Cl)cc2)CC1. The zero-order valence-corrected chi connectivity index (χ0v) is 14.6. The number of hydrogen-bond donors (Lipinski definition) is 1.